The van der Waals surface area contributed by atoms with E-state index < -0.39 is 108 Å². The fourth-order valence-corrected chi connectivity index (χ4v) is 12.3. The molecule has 2 heterocycles. The first kappa shape index (κ1) is 73.5. The molecule has 3 aromatic carbocycles. The molecule has 2 saturated heterocycles. The average Bonchev–Trinajstić information content (AvgIpc) is 1.81. The molecule has 0 radical (unpaired) electrons. The molecule has 0 bridgehead atoms. The molecule has 0 unspecified atom stereocenters. The molecule has 4 aliphatic carbocycles. The van der Waals surface area contributed by atoms with Crippen molar-refractivity contribution in [1.82, 2.24) is 19.6 Å². The van der Waals surface area contributed by atoms with Crippen molar-refractivity contribution in [1.29, 1.82) is 0 Å². The van der Waals surface area contributed by atoms with Gasteiger partial charge in [0, 0.05) is 65.7 Å². The van der Waals surface area contributed by atoms with Gasteiger partial charge in [0.2, 0.25) is 0 Å². The Hall–Kier alpha value is -7.79. The largest absolute Gasteiger partial charge is 0.458 e. The summed E-state index contributed by atoms with van der Waals surface area (Å²) in [4.78, 5) is 139. The number of anilines is 2. The van der Waals surface area contributed by atoms with Gasteiger partial charge in [-0.15, -0.1) is 0 Å². The van der Waals surface area contributed by atoms with Crippen LogP contribution in [0.4, 0.5) is 16.2 Å². The third-order valence-corrected chi connectivity index (χ3v) is 19.3. The van der Waals surface area contributed by atoms with E-state index in [0.717, 1.165) is 106 Å². The highest BCUT2D eigenvalue weighted by Crippen LogP contribution is 2.39. The van der Waals surface area contributed by atoms with E-state index in [9.17, 15) is 33.6 Å². The number of hydrogen-bond acceptors (Lipinski definition) is 19. The number of carbonyl (C=O) groups is 9. The number of amides is 4. The first-order chi connectivity index (χ1) is 46.4. The van der Waals surface area contributed by atoms with Gasteiger partial charge >= 0.3 is 35.9 Å². The Balaban J connectivity index is 0.904. The fourth-order valence-electron chi connectivity index (χ4n) is 12.3. The van der Waals surface area contributed by atoms with Crippen LogP contribution in [0.25, 0.3) is 0 Å². The summed E-state index contributed by atoms with van der Waals surface area (Å²) in [5.74, 6) is -5.78. The van der Waals surface area contributed by atoms with Gasteiger partial charge in [0.25, 0.3) is 17.7 Å². The Kier molecular flexibility index (Phi) is 25.8. The molecule has 6 aliphatic rings. The van der Waals surface area contributed by atoms with Gasteiger partial charge in [-0.25, -0.2) is 28.8 Å². The lowest BCUT2D eigenvalue weighted by Gasteiger charge is -2.34. The van der Waals surface area contributed by atoms with E-state index in [2.05, 4.69) is 9.80 Å². The van der Waals surface area contributed by atoms with Gasteiger partial charge < -0.3 is 62.4 Å². The van der Waals surface area contributed by atoms with Crippen molar-refractivity contribution >= 4 is 65.0 Å². The number of esters is 5. The predicted molar refractivity (Wildman–Crippen MR) is 360 cm³/mol. The monoisotopic (exact) mass is 1350 g/mol. The molecule has 6 fully saturated rings. The zero-order valence-electron chi connectivity index (χ0n) is 58.2. The van der Waals surface area contributed by atoms with Crippen LogP contribution in [0.15, 0.2) is 78.9 Å². The second kappa shape index (κ2) is 34.1. The molecule has 530 valence electrons. The summed E-state index contributed by atoms with van der Waals surface area (Å²) in [6, 6.07) is 20.3. The molecule has 2 aliphatic heterocycles. The van der Waals surface area contributed by atoms with Crippen molar-refractivity contribution in [2.75, 3.05) is 90.6 Å². The minimum absolute atomic E-state index is 0.00234. The fraction of sp³-hybridized carbons (Fsp3) is 0.635. The summed E-state index contributed by atoms with van der Waals surface area (Å²) in [6.45, 7) is 13.4. The van der Waals surface area contributed by atoms with Crippen molar-refractivity contribution in [3.63, 3.8) is 0 Å². The Labute approximate surface area is 571 Å². The molecule has 23 nitrogen and oxygen atoms in total. The van der Waals surface area contributed by atoms with Crippen LogP contribution >= 0.6 is 0 Å². The molecule has 0 aromatic heterocycles. The number of likely N-dealkylation sites (N-methyl/N-ethyl adjacent to an activating group) is 4. The lowest BCUT2D eigenvalue weighted by atomic mass is 10.0. The van der Waals surface area contributed by atoms with Gasteiger partial charge in [0.15, 0.2) is 24.4 Å². The van der Waals surface area contributed by atoms with Crippen molar-refractivity contribution in [3.8, 4) is 0 Å². The van der Waals surface area contributed by atoms with Crippen molar-refractivity contribution in [3.05, 3.63) is 95.6 Å². The van der Waals surface area contributed by atoms with E-state index in [4.69, 9.17) is 37.9 Å². The van der Waals surface area contributed by atoms with Gasteiger partial charge in [0.1, 0.15) is 36.4 Å². The highest BCUT2D eigenvalue weighted by atomic mass is 16.6. The topological polar surface area (TPSA) is 247 Å². The quantitative estimate of drug-likeness (QED) is 0.0403. The predicted octanol–water partition coefficient (Wildman–Crippen LogP) is 8.27. The molecule has 97 heavy (non-hydrogen) atoms. The van der Waals surface area contributed by atoms with Crippen molar-refractivity contribution in [2.45, 2.75) is 198 Å². The van der Waals surface area contributed by atoms with Crippen molar-refractivity contribution in [2.24, 2.45) is 23.7 Å². The standard InChI is InChI=1S/C74H102N6O17/c1-48(93-69(85)59(43-52-15-16-52)76(7)67(83)64(34-28-51-25-31-58(32-26-51)80-37-41-91-42-38-80)96-72(88)62(46-55-21-22-55)78(9)73(89)97-74(3,4)5)65(81)75(6)61(45-54-19-20-54)71(87)95-63(33-27-50-23-29-57(30-24-50)79-35-39-90-40-36-79)66(82)77(8)60(44-53-17-18-53)70(86)94-49(2)68(84)92-47-56-13-11-10-12-14-56/h10-14,23-26,29-32,48-49,52-55,59-64H,15-22,27-28,33-47H2,1-9H3/t48-,49-,59+,60+,61+,62+,63-,64-/m1/s1. The maximum atomic E-state index is 15.1. The second-order valence-electron chi connectivity index (χ2n) is 28.4. The van der Waals surface area contributed by atoms with Gasteiger partial charge in [0.05, 0.1) is 26.4 Å². The lowest BCUT2D eigenvalue weighted by Crippen LogP contribution is -2.53. The number of benzene rings is 3. The van der Waals surface area contributed by atoms with Crippen LogP contribution in [-0.2, 0) is 95.7 Å². The molecule has 0 spiro atoms. The van der Waals surface area contributed by atoms with E-state index in [0.29, 0.717) is 39.3 Å². The van der Waals surface area contributed by atoms with Crippen LogP contribution < -0.4 is 9.80 Å². The first-order valence-electron chi connectivity index (χ1n) is 35.0. The van der Waals surface area contributed by atoms with Gasteiger partial charge in [-0.05, 0) is 151 Å². The Morgan fingerprint density at radius 3 is 1.16 bits per heavy atom. The number of rotatable bonds is 34. The smallest absolute Gasteiger partial charge is 0.410 e. The zero-order valence-corrected chi connectivity index (χ0v) is 58.2. The molecular weight excluding hydrogens is 1240 g/mol. The van der Waals surface area contributed by atoms with E-state index in [1.165, 1.54) is 61.6 Å². The van der Waals surface area contributed by atoms with E-state index >= 15 is 9.59 Å². The van der Waals surface area contributed by atoms with Crippen LogP contribution in [0, 0.1) is 23.7 Å². The zero-order chi connectivity index (χ0) is 69.5. The van der Waals surface area contributed by atoms with Gasteiger partial charge in [-0.2, -0.15) is 0 Å². The molecule has 4 saturated carbocycles. The normalized spacial score (nSPS) is 18.9. The Morgan fingerprint density at radius 2 is 0.794 bits per heavy atom. The molecule has 8 atom stereocenters. The number of nitrogens with zero attached hydrogens (tertiary/aromatic N) is 6. The minimum atomic E-state index is -1.48. The van der Waals surface area contributed by atoms with Crippen LogP contribution in [-0.4, -0.2) is 208 Å². The van der Waals surface area contributed by atoms with Crippen LogP contribution in [0.3, 0.4) is 0 Å². The minimum Gasteiger partial charge on any atom is -0.458 e. The molecule has 4 amide bonds. The van der Waals surface area contributed by atoms with Gasteiger partial charge in [-0.1, -0.05) is 106 Å². The SMILES string of the molecule is C[C@@H](OC(=O)[C@H](CC1CC1)N(C)C(=O)[C@@H](CCc1ccc(N2CCOCC2)cc1)OC(=O)[C@H](CC1CC1)N(C)C(=O)[C@@H](C)OC(=O)[C@H](CC1CC1)N(C)C(=O)[C@@H](CCc1ccc(N2CCOCC2)cc1)OC(=O)[C@H](CC1CC1)N(C)C(=O)OC(C)(C)C)C(=O)OCc1ccccc1. The lowest BCUT2D eigenvalue weighted by molar-refractivity contribution is -0.175. The Morgan fingerprint density at radius 1 is 0.443 bits per heavy atom. The maximum Gasteiger partial charge on any atom is 0.410 e. The molecule has 0 N–H and O–H groups in total. The summed E-state index contributed by atoms with van der Waals surface area (Å²) in [7, 11) is 5.83. The third kappa shape index (κ3) is 22.1. The van der Waals surface area contributed by atoms with Gasteiger partial charge in [-0.3, -0.25) is 19.3 Å². The summed E-state index contributed by atoms with van der Waals surface area (Å²) >= 11 is 0. The third-order valence-electron chi connectivity index (χ3n) is 19.3. The van der Waals surface area contributed by atoms with E-state index in [-0.39, 0.29) is 68.8 Å². The number of carbonyl (C=O) groups excluding carboxylic acids is 9. The summed E-state index contributed by atoms with van der Waals surface area (Å²) < 4.78 is 46.5. The highest BCUT2D eigenvalue weighted by Gasteiger charge is 2.45. The number of ether oxygens (including phenoxy) is 8. The molecule has 23 heteroatoms. The van der Waals surface area contributed by atoms with E-state index in [1.54, 1.807) is 32.9 Å². The highest BCUT2D eigenvalue weighted by molar-refractivity contribution is 5.93. The number of hydrogen-bond donors (Lipinski definition) is 0. The van der Waals surface area contributed by atoms with Crippen LogP contribution in [0.2, 0.25) is 0 Å². The average molecular weight is 1350 g/mol. The molecule has 9 rings (SSSR count). The Bertz CT molecular complexity index is 3150. The van der Waals surface area contributed by atoms with Crippen LogP contribution in [0.5, 0.6) is 0 Å². The van der Waals surface area contributed by atoms with E-state index in [1.807, 2.05) is 66.7 Å². The molecular formula is C74H102N6O17. The number of morpholine rings is 2. The van der Waals surface area contributed by atoms with Crippen molar-refractivity contribution < 1.29 is 81.0 Å². The second-order valence-corrected chi connectivity index (χ2v) is 28.4. The number of aryl methyl sites for hydroxylation is 2. The molecule has 3 aromatic rings. The summed E-state index contributed by atoms with van der Waals surface area (Å²) in [6.07, 6.45) is 1.80. The first-order valence-corrected chi connectivity index (χ1v) is 35.0. The summed E-state index contributed by atoms with van der Waals surface area (Å²) in [5.41, 5.74) is 3.68. The maximum absolute atomic E-state index is 15.1. The summed E-state index contributed by atoms with van der Waals surface area (Å²) in [5, 5.41) is 0. The van der Waals surface area contributed by atoms with Crippen LogP contribution in [0.1, 0.15) is 141 Å².